The van der Waals surface area contributed by atoms with Gasteiger partial charge in [0.05, 0.1) is 6.61 Å². The molecule has 5 heteroatoms. The molecule has 1 unspecified atom stereocenters. The summed E-state index contributed by atoms with van der Waals surface area (Å²) >= 11 is 0. The van der Waals surface area contributed by atoms with Crippen molar-refractivity contribution in [3.05, 3.63) is 29.8 Å². The summed E-state index contributed by atoms with van der Waals surface area (Å²) in [5.41, 5.74) is 1.10. The molecule has 0 saturated heterocycles. The summed E-state index contributed by atoms with van der Waals surface area (Å²) in [4.78, 5) is 0. The van der Waals surface area contributed by atoms with Gasteiger partial charge in [-0.05, 0) is 44.0 Å². The summed E-state index contributed by atoms with van der Waals surface area (Å²) in [6.45, 7) is 4.94. The van der Waals surface area contributed by atoms with Crippen molar-refractivity contribution >= 4 is 0 Å². The highest BCUT2D eigenvalue weighted by Gasteiger charge is 2.28. The minimum absolute atomic E-state index is 0.0918. The summed E-state index contributed by atoms with van der Waals surface area (Å²) in [5, 5.41) is 3.07. The van der Waals surface area contributed by atoms with Crippen LogP contribution in [0.4, 0.5) is 13.2 Å². The second-order valence-electron chi connectivity index (χ2n) is 4.86. The first-order valence-corrected chi connectivity index (χ1v) is 6.90. The quantitative estimate of drug-likeness (QED) is 0.778. The number of benzene rings is 1. The van der Waals surface area contributed by atoms with Gasteiger partial charge in [0.15, 0.2) is 0 Å². The Morgan fingerprint density at radius 1 is 1.25 bits per heavy atom. The Balaban J connectivity index is 2.35. The lowest BCUT2D eigenvalue weighted by Crippen LogP contribution is -2.31. The molecule has 0 aliphatic rings. The van der Waals surface area contributed by atoms with Crippen LogP contribution in [0, 0.1) is 6.92 Å². The predicted octanol–water partition coefficient (Wildman–Crippen LogP) is 4.08. The molecule has 114 valence electrons. The zero-order valence-corrected chi connectivity index (χ0v) is 12.0. The zero-order valence-electron chi connectivity index (χ0n) is 12.0. The lowest BCUT2D eigenvalue weighted by Gasteiger charge is -2.19. The van der Waals surface area contributed by atoms with E-state index in [0.717, 1.165) is 11.3 Å². The normalized spacial score (nSPS) is 13.2. The van der Waals surface area contributed by atoms with Crippen molar-refractivity contribution in [1.82, 2.24) is 5.32 Å². The van der Waals surface area contributed by atoms with Gasteiger partial charge in [0, 0.05) is 12.5 Å². The third-order valence-electron chi connectivity index (χ3n) is 2.99. The highest BCUT2D eigenvalue weighted by molar-refractivity contribution is 5.27. The van der Waals surface area contributed by atoms with Crippen LogP contribution in [0.5, 0.6) is 5.75 Å². The van der Waals surface area contributed by atoms with E-state index in [1.54, 1.807) is 0 Å². The molecule has 0 heterocycles. The number of alkyl halides is 3. The molecule has 20 heavy (non-hydrogen) atoms. The fourth-order valence-corrected chi connectivity index (χ4v) is 2.00. The molecule has 0 aromatic heterocycles. The number of rotatable bonds is 8. The van der Waals surface area contributed by atoms with E-state index in [0.29, 0.717) is 19.6 Å². The number of aryl methyl sites for hydroxylation is 1. The average Bonchev–Trinajstić information content (AvgIpc) is 2.35. The first-order valence-electron chi connectivity index (χ1n) is 6.90. The number of nitrogens with one attached hydrogen (secondary N) is 1. The van der Waals surface area contributed by atoms with Crippen LogP contribution in [0.15, 0.2) is 24.3 Å². The summed E-state index contributed by atoms with van der Waals surface area (Å²) in [6.07, 6.45) is -4.19. The van der Waals surface area contributed by atoms with Gasteiger partial charge in [-0.3, -0.25) is 0 Å². The Morgan fingerprint density at radius 3 is 2.60 bits per heavy atom. The molecule has 0 saturated carbocycles. The fraction of sp³-hybridized carbons (Fsp3) is 0.600. The molecule has 0 amide bonds. The van der Waals surface area contributed by atoms with E-state index in [-0.39, 0.29) is 12.5 Å². The molecule has 0 radical (unpaired) electrons. The average molecular weight is 289 g/mol. The van der Waals surface area contributed by atoms with E-state index in [9.17, 15) is 13.2 Å². The van der Waals surface area contributed by atoms with Crippen LogP contribution in [0.1, 0.15) is 31.7 Å². The van der Waals surface area contributed by atoms with Crippen molar-refractivity contribution in [3.63, 3.8) is 0 Å². The molecule has 1 atom stereocenters. The molecular weight excluding hydrogens is 267 g/mol. The number of ether oxygens (including phenoxy) is 1. The first-order chi connectivity index (χ1) is 9.40. The topological polar surface area (TPSA) is 21.3 Å². The van der Waals surface area contributed by atoms with Crippen LogP contribution in [0.2, 0.25) is 0 Å². The molecule has 1 aromatic carbocycles. The van der Waals surface area contributed by atoms with Crippen LogP contribution >= 0.6 is 0 Å². The highest BCUT2D eigenvalue weighted by atomic mass is 19.4. The van der Waals surface area contributed by atoms with Gasteiger partial charge in [0.2, 0.25) is 0 Å². The maximum absolute atomic E-state index is 12.2. The van der Waals surface area contributed by atoms with Gasteiger partial charge < -0.3 is 10.1 Å². The number of halogens is 3. The van der Waals surface area contributed by atoms with Crippen molar-refractivity contribution in [2.45, 2.75) is 45.3 Å². The summed E-state index contributed by atoms with van der Waals surface area (Å²) in [6, 6.07) is 7.47. The van der Waals surface area contributed by atoms with Gasteiger partial charge in [-0.1, -0.05) is 19.1 Å². The van der Waals surface area contributed by atoms with E-state index in [1.807, 2.05) is 38.1 Å². The van der Waals surface area contributed by atoms with Crippen LogP contribution in [-0.4, -0.2) is 25.4 Å². The molecule has 0 aliphatic carbocycles. The summed E-state index contributed by atoms with van der Waals surface area (Å²) in [5.74, 6) is 0.760. The Kier molecular flexibility index (Phi) is 6.85. The Hall–Kier alpha value is -1.23. The summed E-state index contributed by atoms with van der Waals surface area (Å²) < 4.78 is 42.3. The van der Waals surface area contributed by atoms with Crippen molar-refractivity contribution in [2.75, 3.05) is 13.2 Å². The minimum Gasteiger partial charge on any atom is -0.494 e. The molecule has 0 spiro atoms. The molecule has 2 nitrogen and oxygen atoms in total. The largest absolute Gasteiger partial charge is 0.494 e. The van der Waals surface area contributed by atoms with Gasteiger partial charge in [-0.25, -0.2) is 0 Å². The predicted molar refractivity (Wildman–Crippen MR) is 74.0 cm³/mol. The Labute approximate surface area is 118 Å². The number of hydrogen-bond donors (Lipinski definition) is 1. The van der Waals surface area contributed by atoms with Crippen LogP contribution < -0.4 is 10.1 Å². The lowest BCUT2D eigenvalue weighted by atomic mass is 10.1. The van der Waals surface area contributed by atoms with Crippen LogP contribution in [0.25, 0.3) is 0 Å². The monoisotopic (exact) mass is 289 g/mol. The Bertz CT molecular complexity index is 393. The standard InChI is InChI=1S/C15H22F3NO/c1-3-19-13(7-9-15(16,17)18)8-10-20-14-6-4-5-12(2)11-14/h4-6,11,13,19H,3,7-10H2,1-2H3. The second kappa shape index (κ2) is 8.15. The van der Waals surface area contributed by atoms with Crippen molar-refractivity contribution < 1.29 is 17.9 Å². The number of hydrogen-bond acceptors (Lipinski definition) is 2. The third-order valence-corrected chi connectivity index (χ3v) is 2.99. The van der Waals surface area contributed by atoms with E-state index in [2.05, 4.69) is 5.32 Å². The minimum atomic E-state index is -4.09. The molecule has 1 rings (SSSR count). The van der Waals surface area contributed by atoms with Gasteiger partial charge in [-0.15, -0.1) is 0 Å². The Morgan fingerprint density at radius 2 is 2.00 bits per heavy atom. The lowest BCUT2D eigenvalue weighted by molar-refractivity contribution is -0.136. The molecular formula is C15H22F3NO. The van der Waals surface area contributed by atoms with E-state index < -0.39 is 12.6 Å². The van der Waals surface area contributed by atoms with Gasteiger partial charge in [-0.2, -0.15) is 13.2 Å². The fourth-order valence-electron chi connectivity index (χ4n) is 2.00. The van der Waals surface area contributed by atoms with E-state index >= 15 is 0 Å². The van der Waals surface area contributed by atoms with E-state index in [4.69, 9.17) is 4.74 Å². The van der Waals surface area contributed by atoms with Crippen molar-refractivity contribution in [3.8, 4) is 5.75 Å². The molecule has 0 bridgehead atoms. The van der Waals surface area contributed by atoms with Crippen molar-refractivity contribution in [1.29, 1.82) is 0 Å². The van der Waals surface area contributed by atoms with Crippen LogP contribution in [-0.2, 0) is 0 Å². The smallest absolute Gasteiger partial charge is 0.389 e. The molecule has 1 aromatic rings. The summed E-state index contributed by atoms with van der Waals surface area (Å²) in [7, 11) is 0. The van der Waals surface area contributed by atoms with Crippen LogP contribution in [0.3, 0.4) is 0 Å². The van der Waals surface area contributed by atoms with E-state index in [1.165, 1.54) is 0 Å². The van der Waals surface area contributed by atoms with Crippen molar-refractivity contribution in [2.24, 2.45) is 0 Å². The second-order valence-corrected chi connectivity index (χ2v) is 4.86. The highest BCUT2D eigenvalue weighted by Crippen LogP contribution is 2.23. The maximum Gasteiger partial charge on any atom is 0.389 e. The molecule has 0 fully saturated rings. The first kappa shape index (κ1) is 16.8. The van der Waals surface area contributed by atoms with Gasteiger partial charge in [0.1, 0.15) is 5.75 Å². The SMILES string of the molecule is CCNC(CCOc1cccc(C)c1)CCC(F)(F)F. The van der Waals surface area contributed by atoms with Gasteiger partial charge >= 0.3 is 6.18 Å². The molecule has 0 aliphatic heterocycles. The maximum atomic E-state index is 12.2. The van der Waals surface area contributed by atoms with Gasteiger partial charge in [0.25, 0.3) is 0 Å². The molecule has 1 N–H and O–H groups in total. The third kappa shape index (κ3) is 7.38. The zero-order chi connectivity index (χ0) is 15.0.